The third-order valence-electron chi connectivity index (χ3n) is 5.14. The summed E-state index contributed by atoms with van der Waals surface area (Å²) < 4.78 is 26.8. The van der Waals surface area contributed by atoms with Crippen molar-refractivity contribution in [2.75, 3.05) is 25.1 Å². The summed E-state index contributed by atoms with van der Waals surface area (Å²) in [5.74, 6) is 0.0629. The first kappa shape index (κ1) is 22.1. The number of cyclic esters (lactones) is 1. The Balaban J connectivity index is 1.45. The number of nitrogens with zero attached hydrogens (tertiary/aromatic N) is 3. The minimum Gasteiger partial charge on any atom is -0.497 e. The molecule has 0 aliphatic carbocycles. The number of amides is 2. The summed E-state index contributed by atoms with van der Waals surface area (Å²) >= 11 is 0. The number of aromatic nitrogens is 2. The number of benzene rings is 2. The number of halogens is 1. The lowest BCUT2D eigenvalue weighted by atomic mass is 10.2. The van der Waals surface area contributed by atoms with Gasteiger partial charge in [-0.15, -0.1) is 0 Å². The van der Waals surface area contributed by atoms with Crippen LogP contribution in [0.25, 0.3) is 17.8 Å². The normalized spacial score (nSPS) is 15.7. The van der Waals surface area contributed by atoms with Crippen LogP contribution in [0.1, 0.15) is 18.2 Å². The molecule has 2 heterocycles. The fourth-order valence-electron chi connectivity index (χ4n) is 3.42. The average molecular weight is 450 g/mol. The maximum absolute atomic E-state index is 14.9. The lowest BCUT2D eigenvalue weighted by Gasteiger charge is -2.14. The van der Waals surface area contributed by atoms with Crippen molar-refractivity contribution < 1.29 is 23.5 Å². The molecule has 0 bridgehead atoms. The Morgan fingerprint density at radius 2 is 2.06 bits per heavy atom. The summed E-state index contributed by atoms with van der Waals surface area (Å²) in [5, 5.41) is 2.61. The topological polar surface area (TPSA) is 85.7 Å². The quantitative estimate of drug-likeness (QED) is 0.594. The van der Waals surface area contributed by atoms with Gasteiger partial charge in [0.2, 0.25) is 5.91 Å². The first-order chi connectivity index (χ1) is 15.9. The lowest BCUT2D eigenvalue weighted by Crippen LogP contribution is -2.33. The number of nitrogens with one attached hydrogen (secondary N) is 1. The van der Waals surface area contributed by atoms with Crippen LogP contribution in [0.5, 0.6) is 5.75 Å². The number of hydrogen-bond acceptors (Lipinski definition) is 5. The molecule has 1 aromatic heterocycles. The molecule has 0 spiro atoms. The molecule has 1 saturated heterocycles. The molecule has 9 heteroatoms. The highest BCUT2D eigenvalue weighted by Crippen LogP contribution is 2.26. The second-order valence-corrected chi connectivity index (χ2v) is 7.50. The zero-order valence-electron chi connectivity index (χ0n) is 18.2. The van der Waals surface area contributed by atoms with Gasteiger partial charge in [-0.1, -0.05) is 18.2 Å². The molecular weight excluding hydrogens is 427 g/mol. The van der Waals surface area contributed by atoms with Crippen LogP contribution in [-0.4, -0.2) is 47.9 Å². The van der Waals surface area contributed by atoms with Gasteiger partial charge in [-0.2, -0.15) is 0 Å². The number of rotatable bonds is 7. The van der Waals surface area contributed by atoms with Gasteiger partial charge in [0.1, 0.15) is 17.7 Å². The van der Waals surface area contributed by atoms with Crippen molar-refractivity contribution in [3.8, 4) is 11.4 Å². The van der Waals surface area contributed by atoms with Gasteiger partial charge in [0.05, 0.1) is 43.6 Å². The number of imidazole rings is 1. The molecule has 0 radical (unpaired) electrons. The molecule has 4 rings (SSSR count). The fraction of sp³-hybridized carbons (Fsp3) is 0.208. The minimum absolute atomic E-state index is 0.208. The predicted octanol–water partition coefficient (Wildman–Crippen LogP) is 3.65. The largest absolute Gasteiger partial charge is 0.497 e. The summed E-state index contributed by atoms with van der Waals surface area (Å²) in [5.41, 5.74) is 2.33. The SMILES string of the molecule is COc1ccc(C=Cc2cn(-c3ccc(N4C[C@H](CNC(C)=O)OC4=O)cc3F)cn2)cc1. The van der Waals surface area contributed by atoms with Crippen molar-refractivity contribution in [1.29, 1.82) is 0 Å². The second kappa shape index (κ2) is 9.56. The van der Waals surface area contributed by atoms with Crippen LogP contribution >= 0.6 is 0 Å². The molecular formula is C24H23FN4O4. The summed E-state index contributed by atoms with van der Waals surface area (Å²) in [4.78, 5) is 28.9. The van der Waals surface area contributed by atoms with E-state index < -0.39 is 18.0 Å². The highest BCUT2D eigenvalue weighted by Gasteiger charge is 2.32. The van der Waals surface area contributed by atoms with Crippen molar-refractivity contribution in [3.05, 3.63) is 72.1 Å². The van der Waals surface area contributed by atoms with E-state index in [1.54, 1.807) is 30.0 Å². The number of anilines is 1. The van der Waals surface area contributed by atoms with E-state index in [-0.39, 0.29) is 19.0 Å². The summed E-state index contributed by atoms with van der Waals surface area (Å²) in [7, 11) is 1.62. The molecule has 0 saturated carbocycles. The van der Waals surface area contributed by atoms with Gasteiger partial charge in [-0.05, 0) is 42.0 Å². The molecule has 33 heavy (non-hydrogen) atoms. The first-order valence-electron chi connectivity index (χ1n) is 10.3. The minimum atomic E-state index is -0.578. The van der Waals surface area contributed by atoms with Gasteiger partial charge in [0.15, 0.2) is 0 Å². The van der Waals surface area contributed by atoms with E-state index in [9.17, 15) is 14.0 Å². The van der Waals surface area contributed by atoms with Crippen LogP contribution in [0.3, 0.4) is 0 Å². The Hall–Kier alpha value is -4.14. The van der Waals surface area contributed by atoms with Crippen molar-refractivity contribution in [2.24, 2.45) is 0 Å². The van der Waals surface area contributed by atoms with E-state index in [1.165, 1.54) is 24.2 Å². The molecule has 0 unspecified atom stereocenters. The van der Waals surface area contributed by atoms with Gasteiger partial charge in [-0.3, -0.25) is 9.69 Å². The molecule has 1 atom stereocenters. The van der Waals surface area contributed by atoms with Gasteiger partial charge >= 0.3 is 6.09 Å². The van der Waals surface area contributed by atoms with E-state index in [0.29, 0.717) is 17.1 Å². The maximum atomic E-state index is 14.9. The molecule has 1 N–H and O–H groups in total. The second-order valence-electron chi connectivity index (χ2n) is 7.50. The van der Waals surface area contributed by atoms with Crippen LogP contribution in [-0.2, 0) is 9.53 Å². The Bertz CT molecular complexity index is 1190. The van der Waals surface area contributed by atoms with E-state index in [2.05, 4.69) is 10.3 Å². The third-order valence-corrected chi connectivity index (χ3v) is 5.14. The molecule has 1 aliphatic heterocycles. The van der Waals surface area contributed by atoms with E-state index in [1.807, 2.05) is 36.4 Å². The molecule has 2 aromatic carbocycles. The van der Waals surface area contributed by atoms with Crippen LogP contribution in [0, 0.1) is 5.82 Å². The standard InChI is InChI=1S/C24H23FN4O4/c1-16(30)26-12-21-14-29(24(31)33-21)19-7-10-23(22(25)11-19)28-13-18(27-15-28)6-3-17-4-8-20(32-2)9-5-17/h3-11,13,15,21H,12,14H2,1-2H3,(H,26,30)/t21-/m0/s1. The van der Waals surface area contributed by atoms with Gasteiger partial charge in [0.25, 0.3) is 0 Å². The highest BCUT2D eigenvalue weighted by molar-refractivity contribution is 5.90. The zero-order chi connectivity index (χ0) is 23.4. The Morgan fingerprint density at radius 3 is 2.76 bits per heavy atom. The van der Waals surface area contributed by atoms with E-state index in [4.69, 9.17) is 9.47 Å². The number of ether oxygens (including phenoxy) is 2. The molecule has 2 amide bonds. The van der Waals surface area contributed by atoms with Crippen LogP contribution < -0.4 is 15.0 Å². The smallest absolute Gasteiger partial charge is 0.414 e. The van der Waals surface area contributed by atoms with E-state index >= 15 is 0 Å². The van der Waals surface area contributed by atoms with Gasteiger partial charge < -0.3 is 19.4 Å². The van der Waals surface area contributed by atoms with Crippen molar-refractivity contribution in [2.45, 2.75) is 13.0 Å². The monoisotopic (exact) mass is 450 g/mol. The average Bonchev–Trinajstić information content (AvgIpc) is 3.43. The number of carbonyl (C=O) groups excluding carboxylic acids is 2. The van der Waals surface area contributed by atoms with Crippen LogP contribution in [0.2, 0.25) is 0 Å². The fourth-order valence-corrected chi connectivity index (χ4v) is 3.42. The maximum Gasteiger partial charge on any atom is 0.414 e. The Labute approximate surface area is 190 Å². The van der Waals surface area contributed by atoms with Crippen LogP contribution in [0.15, 0.2) is 55.0 Å². The highest BCUT2D eigenvalue weighted by atomic mass is 19.1. The molecule has 1 aliphatic rings. The van der Waals surface area contributed by atoms with Crippen molar-refractivity contribution in [3.63, 3.8) is 0 Å². The van der Waals surface area contributed by atoms with Crippen molar-refractivity contribution in [1.82, 2.24) is 14.9 Å². The molecule has 3 aromatic rings. The molecule has 170 valence electrons. The first-order valence-corrected chi connectivity index (χ1v) is 10.3. The number of methoxy groups -OCH3 is 1. The summed E-state index contributed by atoms with van der Waals surface area (Å²) in [6, 6.07) is 12.1. The summed E-state index contributed by atoms with van der Waals surface area (Å²) in [6.45, 7) is 1.82. The lowest BCUT2D eigenvalue weighted by molar-refractivity contribution is -0.119. The van der Waals surface area contributed by atoms with E-state index in [0.717, 1.165) is 11.3 Å². The van der Waals surface area contributed by atoms with Crippen molar-refractivity contribution >= 4 is 29.8 Å². The Morgan fingerprint density at radius 1 is 1.27 bits per heavy atom. The molecule has 8 nitrogen and oxygen atoms in total. The number of hydrogen-bond donors (Lipinski definition) is 1. The van der Waals surface area contributed by atoms with Gasteiger partial charge in [-0.25, -0.2) is 14.2 Å². The number of carbonyl (C=O) groups is 2. The third kappa shape index (κ3) is 5.20. The zero-order valence-corrected chi connectivity index (χ0v) is 18.2. The summed E-state index contributed by atoms with van der Waals surface area (Å²) in [6.07, 6.45) is 5.91. The van der Waals surface area contributed by atoms with Gasteiger partial charge in [0, 0.05) is 13.1 Å². The van der Waals surface area contributed by atoms with Crippen LogP contribution in [0.4, 0.5) is 14.9 Å². The Kier molecular flexibility index (Phi) is 6.39. The predicted molar refractivity (Wildman–Crippen MR) is 122 cm³/mol. The molecule has 1 fully saturated rings.